The van der Waals surface area contributed by atoms with Crippen molar-refractivity contribution in [2.75, 3.05) is 6.54 Å². The lowest BCUT2D eigenvalue weighted by molar-refractivity contribution is 0.0652. The van der Waals surface area contributed by atoms with Gasteiger partial charge in [-0.15, -0.1) is 22.7 Å². The van der Waals surface area contributed by atoms with Gasteiger partial charge < -0.3 is 4.98 Å². The fourth-order valence-electron chi connectivity index (χ4n) is 9.77. The van der Waals surface area contributed by atoms with Gasteiger partial charge in [0, 0.05) is 43.1 Å². The molecule has 0 atom stereocenters. The van der Waals surface area contributed by atoms with E-state index in [4.69, 9.17) is 0 Å². The highest BCUT2D eigenvalue weighted by atomic mass is 32.1. The number of thiophene rings is 2. The topological polar surface area (TPSA) is 53.2 Å². The van der Waals surface area contributed by atoms with Crippen LogP contribution in [0.1, 0.15) is 115 Å². The molecule has 5 aromatic carbocycles. The number of H-pyrrole nitrogens is 1. The summed E-state index contributed by atoms with van der Waals surface area (Å²) in [5.41, 5.74) is 9.21. The molecule has 296 valence electrons. The van der Waals surface area contributed by atoms with Crippen molar-refractivity contribution in [2.45, 2.75) is 91.4 Å². The molecule has 0 unspecified atom stereocenters. The number of nitrogens with zero attached hydrogens (tertiary/aromatic N) is 1. The van der Waals surface area contributed by atoms with E-state index in [1.807, 2.05) is 0 Å². The Morgan fingerprint density at radius 1 is 0.576 bits per heavy atom. The van der Waals surface area contributed by atoms with Crippen molar-refractivity contribution in [3.05, 3.63) is 124 Å². The Kier molecular flexibility index (Phi) is 10.1. The number of carbonyl (C=O) groups is 2. The standard InChI is InChI=1S/C53H50N2O2S2/c1-4-5-6-7-8-9-10-11-12-13-28-55-52(56)49-42(46-25-14-33(3)58-46)23-24-43(50(49)53(55)57)47-26-27-48(59-47)45-31-35-16-18-39-38-19-20-40-36(17-15-34-29-32(2)30-44(34)40)37(38)21-22-41(39)51(35)54-45/h14-27,29,31,54H,4-13,28,30H2,1-3H3. The maximum atomic E-state index is 14.3. The van der Waals surface area contributed by atoms with Gasteiger partial charge in [-0.1, -0.05) is 137 Å². The maximum Gasteiger partial charge on any atom is 0.262 e. The summed E-state index contributed by atoms with van der Waals surface area (Å²) in [4.78, 5) is 38.2. The molecule has 0 saturated heterocycles. The van der Waals surface area contributed by atoms with E-state index in [-0.39, 0.29) is 11.8 Å². The SMILES string of the molecule is CCCCCCCCCCCCN1C(=O)c2c(-c3ccc(C)s3)ccc(-c3ccc(-c4cc5ccc6c7ccc8c9c(ccc8c7ccc6c5[nH]4)C=C(C)C9)s3)c2C1=O. The number of aromatic nitrogens is 1. The van der Waals surface area contributed by atoms with Crippen LogP contribution in [0.4, 0.5) is 0 Å². The molecule has 0 spiro atoms. The lowest BCUT2D eigenvalue weighted by atomic mass is 9.93. The molecule has 1 aliphatic carbocycles. The van der Waals surface area contributed by atoms with Gasteiger partial charge in [0.2, 0.25) is 0 Å². The van der Waals surface area contributed by atoms with Crippen LogP contribution < -0.4 is 0 Å². The molecule has 1 aliphatic heterocycles. The number of allylic oxidation sites excluding steroid dienone is 1. The minimum atomic E-state index is -0.158. The first-order valence-electron chi connectivity index (χ1n) is 21.7. The predicted molar refractivity (Wildman–Crippen MR) is 252 cm³/mol. The number of aryl methyl sites for hydroxylation is 1. The summed E-state index contributed by atoms with van der Waals surface area (Å²) in [5, 5.41) is 8.85. The van der Waals surface area contributed by atoms with Crippen LogP contribution in [0, 0.1) is 6.92 Å². The van der Waals surface area contributed by atoms with E-state index >= 15 is 0 Å². The van der Waals surface area contributed by atoms with Crippen LogP contribution in [0.5, 0.6) is 0 Å². The number of nitrogens with one attached hydrogen (secondary N) is 1. The normalized spacial score (nSPS) is 13.8. The van der Waals surface area contributed by atoms with Crippen LogP contribution in [-0.2, 0) is 6.42 Å². The summed E-state index contributed by atoms with van der Waals surface area (Å²) >= 11 is 3.34. The number of benzene rings is 5. The highest BCUT2D eigenvalue weighted by Crippen LogP contribution is 2.45. The van der Waals surface area contributed by atoms with E-state index in [1.54, 1.807) is 22.7 Å². The van der Waals surface area contributed by atoms with E-state index in [1.165, 1.54) is 109 Å². The van der Waals surface area contributed by atoms with Crippen LogP contribution in [0.25, 0.3) is 80.7 Å². The summed E-state index contributed by atoms with van der Waals surface area (Å²) in [6.07, 6.45) is 15.5. The van der Waals surface area contributed by atoms with E-state index in [9.17, 15) is 9.59 Å². The van der Waals surface area contributed by atoms with Crippen molar-refractivity contribution in [2.24, 2.45) is 0 Å². The second-order valence-corrected chi connectivity index (χ2v) is 19.2. The van der Waals surface area contributed by atoms with Crippen LogP contribution in [0.2, 0.25) is 0 Å². The zero-order chi connectivity index (χ0) is 40.2. The van der Waals surface area contributed by atoms with Crippen molar-refractivity contribution in [3.8, 4) is 31.5 Å². The van der Waals surface area contributed by atoms with E-state index < -0.39 is 0 Å². The number of unbranched alkanes of at least 4 members (excludes halogenated alkanes) is 9. The van der Waals surface area contributed by atoms with Gasteiger partial charge in [0.15, 0.2) is 0 Å². The van der Waals surface area contributed by atoms with Gasteiger partial charge in [-0.25, -0.2) is 0 Å². The van der Waals surface area contributed by atoms with Crippen molar-refractivity contribution < 1.29 is 9.59 Å². The number of rotatable bonds is 14. The Bertz CT molecular complexity index is 2990. The number of amides is 2. The van der Waals surface area contributed by atoms with Crippen LogP contribution >= 0.6 is 22.7 Å². The minimum Gasteiger partial charge on any atom is -0.353 e. The van der Waals surface area contributed by atoms with E-state index in [0.29, 0.717) is 17.7 Å². The summed E-state index contributed by atoms with van der Waals surface area (Å²) in [7, 11) is 0. The lowest BCUT2D eigenvalue weighted by Crippen LogP contribution is -2.30. The third kappa shape index (κ3) is 6.75. The third-order valence-electron chi connectivity index (χ3n) is 12.8. The summed E-state index contributed by atoms with van der Waals surface area (Å²) in [6.45, 7) is 7.03. The van der Waals surface area contributed by atoms with Gasteiger partial charge in [0.25, 0.3) is 11.8 Å². The molecule has 2 aliphatic rings. The Balaban J connectivity index is 0.938. The summed E-state index contributed by atoms with van der Waals surface area (Å²) < 4.78 is 0. The number of carbonyl (C=O) groups excluding carboxylic acids is 2. The molecule has 6 heteroatoms. The fourth-order valence-corrected chi connectivity index (χ4v) is 11.7. The largest absolute Gasteiger partial charge is 0.353 e. The Morgan fingerprint density at radius 2 is 1.14 bits per heavy atom. The molecule has 2 amide bonds. The Labute approximate surface area is 354 Å². The van der Waals surface area contributed by atoms with Gasteiger partial charge in [0.1, 0.15) is 0 Å². The first kappa shape index (κ1) is 37.9. The molecule has 4 heterocycles. The number of hydrogen-bond donors (Lipinski definition) is 1. The molecular weight excluding hydrogens is 761 g/mol. The minimum absolute atomic E-state index is 0.153. The number of aromatic amines is 1. The zero-order valence-corrected chi connectivity index (χ0v) is 35.9. The maximum absolute atomic E-state index is 14.3. The Morgan fingerprint density at radius 3 is 1.83 bits per heavy atom. The monoisotopic (exact) mass is 810 g/mol. The molecule has 8 aromatic rings. The molecule has 0 bridgehead atoms. The molecule has 59 heavy (non-hydrogen) atoms. The van der Waals surface area contributed by atoms with Gasteiger partial charge in [-0.05, 0) is 95.1 Å². The highest BCUT2D eigenvalue weighted by Gasteiger charge is 2.40. The molecule has 3 aromatic heterocycles. The Hall–Kier alpha value is -5.30. The molecular formula is C53H50N2O2S2. The number of hydrogen-bond acceptors (Lipinski definition) is 4. The zero-order valence-electron chi connectivity index (χ0n) is 34.3. The van der Waals surface area contributed by atoms with Crippen LogP contribution in [-0.4, -0.2) is 28.2 Å². The first-order valence-corrected chi connectivity index (χ1v) is 23.3. The van der Waals surface area contributed by atoms with Crippen molar-refractivity contribution in [1.82, 2.24) is 9.88 Å². The molecule has 4 nitrogen and oxygen atoms in total. The van der Waals surface area contributed by atoms with Crippen molar-refractivity contribution in [1.29, 1.82) is 0 Å². The van der Waals surface area contributed by atoms with Crippen molar-refractivity contribution >= 4 is 83.8 Å². The molecule has 10 rings (SSSR count). The van der Waals surface area contributed by atoms with Gasteiger partial charge in [-0.3, -0.25) is 14.5 Å². The first-order chi connectivity index (χ1) is 28.9. The second kappa shape index (κ2) is 15.7. The summed E-state index contributed by atoms with van der Waals surface area (Å²) in [5.74, 6) is -0.311. The number of fused-ring (bicyclic) bond motifs is 10. The van der Waals surface area contributed by atoms with E-state index in [2.05, 4.69) is 123 Å². The van der Waals surface area contributed by atoms with Gasteiger partial charge in [-0.2, -0.15) is 0 Å². The van der Waals surface area contributed by atoms with Crippen LogP contribution in [0.3, 0.4) is 0 Å². The van der Waals surface area contributed by atoms with E-state index in [0.717, 1.165) is 62.7 Å². The summed E-state index contributed by atoms with van der Waals surface area (Å²) in [6, 6.07) is 33.1. The average Bonchev–Trinajstić information content (AvgIpc) is 4.09. The fraction of sp³-hybridized carbons (Fsp3) is 0.283. The second-order valence-electron chi connectivity index (χ2n) is 16.9. The van der Waals surface area contributed by atoms with Crippen molar-refractivity contribution in [3.63, 3.8) is 0 Å². The lowest BCUT2D eigenvalue weighted by Gasteiger charge is -2.13. The number of imide groups is 1. The molecule has 0 saturated carbocycles. The predicted octanol–water partition coefficient (Wildman–Crippen LogP) is 15.5. The van der Waals surface area contributed by atoms with Crippen LogP contribution in [0.15, 0.2) is 96.6 Å². The molecule has 0 fully saturated rings. The quantitative estimate of drug-likeness (QED) is 0.0676. The molecule has 1 N–H and O–H groups in total. The van der Waals surface area contributed by atoms with Gasteiger partial charge in [0.05, 0.1) is 27.2 Å². The third-order valence-corrected chi connectivity index (χ3v) is 15.0. The smallest absolute Gasteiger partial charge is 0.262 e. The average molecular weight is 811 g/mol. The highest BCUT2D eigenvalue weighted by molar-refractivity contribution is 7.18. The molecule has 0 radical (unpaired) electrons. The van der Waals surface area contributed by atoms with Gasteiger partial charge >= 0.3 is 0 Å².